The number of hydrogen-bond acceptors (Lipinski definition) is 4. The zero-order valence-electron chi connectivity index (χ0n) is 10.9. The van der Waals surface area contributed by atoms with Crippen LogP contribution in [0.2, 0.25) is 9.49 Å². The molecule has 104 valence electrons. The van der Waals surface area contributed by atoms with Gasteiger partial charge in [-0.2, -0.15) is 0 Å². The van der Waals surface area contributed by atoms with Gasteiger partial charge in [0.05, 0.1) is 12.3 Å². The van der Waals surface area contributed by atoms with Gasteiger partial charge in [0.1, 0.15) is 9.49 Å². The summed E-state index contributed by atoms with van der Waals surface area (Å²) < 4.78 is 7.33. The SMILES string of the molecule is CCOC(=O)c1nc2sc(Cl)c(CC(C)C)n2c1Cl. The van der Waals surface area contributed by atoms with Crippen molar-refractivity contribution in [2.45, 2.75) is 27.2 Å². The van der Waals surface area contributed by atoms with Crippen LogP contribution in [0.3, 0.4) is 0 Å². The fourth-order valence-electron chi connectivity index (χ4n) is 1.80. The van der Waals surface area contributed by atoms with E-state index in [1.165, 1.54) is 11.3 Å². The third-order valence-electron chi connectivity index (χ3n) is 2.54. The van der Waals surface area contributed by atoms with E-state index in [9.17, 15) is 4.79 Å². The number of ether oxygens (including phenoxy) is 1. The zero-order valence-corrected chi connectivity index (χ0v) is 13.2. The molecule has 0 spiro atoms. The molecule has 0 saturated heterocycles. The third-order valence-corrected chi connectivity index (χ3v) is 4.21. The van der Waals surface area contributed by atoms with Crippen LogP contribution >= 0.6 is 34.5 Å². The van der Waals surface area contributed by atoms with E-state index in [0.29, 0.717) is 21.8 Å². The molecule has 0 aliphatic heterocycles. The number of halogens is 2. The van der Waals surface area contributed by atoms with Crippen molar-refractivity contribution in [3.8, 4) is 0 Å². The largest absolute Gasteiger partial charge is 0.461 e. The summed E-state index contributed by atoms with van der Waals surface area (Å²) in [5.41, 5.74) is 1.04. The van der Waals surface area contributed by atoms with Crippen LogP contribution in [0.5, 0.6) is 0 Å². The first-order chi connectivity index (χ1) is 8.95. The van der Waals surface area contributed by atoms with Gasteiger partial charge >= 0.3 is 5.97 Å². The number of imidazole rings is 1. The van der Waals surface area contributed by atoms with Gasteiger partial charge in [0, 0.05) is 0 Å². The summed E-state index contributed by atoms with van der Waals surface area (Å²) in [6.45, 7) is 6.22. The minimum atomic E-state index is -0.505. The molecule has 0 unspecified atom stereocenters. The molecule has 0 radical (unpaired) electrons. The molecule has 4 nitrogen and oxygen atoms in total. The quantitative estimate of drug-likeness (QED) is 0.797. The van der Waals surface area contributed by atoms with Crippen LogP contribution in [0.1, 0.15) is 37.0 Å². The van der Waals surface area contributed by atoms with Gasteiger partial charge < -0.3 is 4.74 Å². The van der Waals surface area contributed by atoms with Crippen LogP contribution < -0.4 is 0 Å². The smallest absolute Gasteiger partial charge is 0.360 e. The van der Waals surface area contributed by atoms with Crippen molar-refractivity contribution < 1.29 is 9.53 Å². The van der Waals surface area contributed by atoms with Crippen LogP contribution in [0.25, 0.3) is 4.96 Å². The lowest BCUT2D eigenvalue weighted by molar-refractivity contribution is 0.0520. The van der Waals surface area contributed by atoms with Crippen molar-refractivity contribution >= 4 is 45.5 Å². The van der Waals surface area contributed by atoms with Gasteiger partial charge in [0.2, 0.25) is 0 Å². The predicted octanol–water partition coefficient (Wildman–Crippen LogP) is 4.08. The molecule has 2 aromatic heterocycles. The summed E-state index contributed by atoms with van der Waals surface area (Å²) in [4.78, 5) is 16.6. The van der Waals surface area contributed by atoms with E-state index in [1.54, 1.807) is 11.3 Å². The van der Waals surface area contributed by atoms with E-state index in [2.05, 4.69) is 18.8 Å². The van der Waals surface area contributed by atoms with Crippen LogP contribution in [0, 0.1) is 5.92 Å². The summed E-state index contributed by atoms with van der Waals surface area (Å²) >= 11 is 13.8. The Labute approximate surface area is 125 Å². The second kappa shape index (κ2) is 5.69. The van der Waals surface area contributed by atoms with Gasteiger partial charge in [0.25, 0.3) is 0 Å². The van der Waals surface area contributed by atoms with E-state index >= 15 is 0 Å². The van der Waals surface area contributed by atoms with E-state index < -0.39 is 5.97 Å². The lowest BCUT2D eigenvalue weighted by Crippen LogP contribution is -2.06. The molecule has 0 fully saturated rings. The highest BCUT2D eigenvalue weighted by atomic mass is 35.5. The van der Waals surface area contributed by atoms with Crippen LogP contribution in [0.15, 0.2) is 0 Å². The Balaban J connectivity index is 2.53. The van der Waals surface area contributed by atoms with E-state index in [-0.39, 0.29) is 10.8 Å². The summed E-state index contributed by atoms with van der Waals surface area (Å²) in [7, 11) is 0. The van der Waals surface area contributed by atoms with Gasteiger partial charge in [-0.15, -0.1) is 0 Å². The summed E-state index contributed by atoms with van der Waals surface area (Å²) in [5.74, 6) is -0.0742. The summed E-state index contributed by atoms with van der Waals surface area (Å²) in [5, 5.41) is 0.271. The van der Waals surface area contributed by atoms with Gasteiger partial charge in [-0.1, -0.05) is 48.4 Å². The Morgan fingerprint density at radius 2 is 2.16 bits per heavy atom. The molecule has 0 aliphatic carbocycles. The molecule has 0 aliphatic rings. The number of hydrogen-bond donors (Lipinski definition) is 0. The molecular weight excluding hydrogens is 307 g/mol. The van der Waals surface area contributed by atoms with Gasteiger partial charge in [-0.3, -0.25) is 4.40 Å². The Morgan fingerprint density at radius 1 is 1.47 bits per heavy atom. The average Bonchev–Trinajstić information content (AvgIpc) is 2.78. The molecular formula is C12H14Cl2N2O2S. The summed E-state index contributed by atoms with van der Waals surface area (Å²) in [6.07, 6.45) is 0.775. The molecule has 2 rings (SSSR count). The maximum Gasteiger partial charge on any atom is 0.360 e. The van der Waals surface area contributed by atoms with E-state index in [1.807, 2.05) is 0 Å². The van der Waals surface area contributed by atoms with E-state index in [0.717, 1.165) is 12.1 Å². The minimum Gasteiger partial charge on any atom is -0.461 e. The maximum atomic E-state index is 11.7. The normalized spacial score (nSPS) is 11.5. The van der Waals surface area contributed by atoms with Crippen molar-refractivity contribution in [1.82, 2.24) is 9.38 Å². The fourth-order valence-corrected chi connectivity index (χ4v) is 3.40. The van der Waals surface area contributed by atoms with Crippen LogP contribution in [-0.2, 0) is 11.2 Å². The molecule has 0 N–H and O–H groups in total. The van der Waals surface area contributed by atoms with Crippen molar-refractivity contribution in [2.75, 3.05) is 6.61 Å². The molecule has 7 heteroatoms. The Hall–Kier alpha value is -0.780. The lowest BCUT2D eigenvalue weighted by Gasteiger charge is -2.05. The van der Waals surface area contributed by atoms with Gasteiger partial charge in [0.15, 0.2) is 10.7 Å². The number of nitrogens with zero attached hydrogens (tertiary/aromatic N) is 2. The number of thiazole rings is 1. The first kappa shape index (κ1) is 14.6. The molecule has 2 aromatic rings. The topological polar surface area (TPSA) is 43.6 Å². The highest BCUT2D eigenvalue weighted by molar-refractivity contribution is 7.21. The monoisotopic (exact) mass is 320 g/mol. The molecule has 0 aromatic carbocycles. The van der Waals surface area contributed by atoms with Crippen molar-refractivity contribution in [2.24, 2.45) is 5.92 Å². The van der Waals surface area contributed by atoms with Crippen LogP contribution in [-0.4, -0.2) is 22.0 Å². The second-order valence-corrected chi connectivity index (χ2v) is 6.45. The molecule has 2 heterocycles. The molecule has 19 heavy (non-hydrogen) atoms. The number of esters is 1. The van der Waals surface area contributed by atoms with Gasteiger partial charge in [-0.25, -0.2) is 9.78 Å². The number of aromatic nitrogens is 2. The number of fused-ring (bicyclic) bond motifs is 1. The molecule has 0 atom stereocenters. The average molecular weight is 321 g/mol. The second-order valence-electron chi connectivity index (χ2n) is 4.51. The highest BCUT2D eigenvalue weighted by Gasteiger charge is 2.23. The standard InChI is InChI=1S/C12H14Cl2N2O2S/c1-4-18-11(17)8-9(13)16-7(5-6(2)3)10(14)19-12(16)15-8/h6H,4-5H2,1-3H3. The zero-order chi connectivity index (χ0) is 14.2. The number of carbonyl (C=O) groups is 1. The number of rotatable bonds is 4. The van der Waals surface area contributed by atoms with E-state index in [4.69, 9.17) is 27.9 Å². The highest BCUT2D eigenvalue weighted by Crippen LogP contribution is 2.34. The predicted molar refractivity (Wildman–Crippen MR) is 77.6 cm³/mol. The summed E-state index contributed by atoms with van der Waals surface area (Å²) in [6, 6.07) is 0. The lowest BCUT2D eigenvalue weighted by atomic mass is 10.1. The number of carbonyl (C=O) groups excluding carboxylic acids is 1. The van der Waals surface area contributed by atoms with Gasteiger partial charge in [-0.05, 0) is 19.3 Å². The fraction of sp³-hybridized carbons (Fsp3) is 0.500. The Morgan fingerprint density at radius 3 is 2.74 bits per heavy atom. The molecule has 0 amide bonds. The first-order valence-corrected chi connectivity index (χ1v) is 7.55. The minimum absolute atomic E-state index is 0.149. The Bertz CT molecular complexity index is 619. The van der Waals surface area contributed by atoms with Crippen LogP contribution in [0.4, 0.5) is 0 Å². The molecule has 0 saturated carbocycles. The molecule has 0 bridgehead atoms. The first-order valence-electron chi connectivity index (χ1n) is 5.97. The van der Waals surface area contributed by atoms with Crippen molar-refractivity contribution in [3.63, 3.8) is 0 Å². The maximum absolute atomic E-state index is 11.7. The Kier molecular flexibility index (Phi) is 4.38. The van der Waals surface area contributed by atoms with Crippen molar-refractivity contribution in [1.29, 1.82) is 0 Å². The third kappa shape index (κ3) is 2.73. The van der Waals surface area contributed by atoms with Crippen molar-refractivity contribution in [3.05, 3.63) is 20.9 Å².